The number of nitrogens with one attached hydrogen (secondary N) is 1. The summed E-state index contributed by atoms with van der Waals surface area (Å²) in [6.45, 7) is 7.20. The Labute approximate surface area is 170 Å². The average Bonchev–Trinajstić information content (AvgIpc) is 2.95. The molecule has 28 heavy (non-hydrogen) atoms. The number of aryl methyl sites for hydroxylation is 1. The third-order valence-corrected chi connectivity index (χ3v) is 6.20. The molecular weight excluding hydrogens is 381 g/mol. The van der Waals surface area contributed by atoms with E-state index in [1.165, 1.54) is 6.07 Å². The van der Waals surface area contributed by atoms with E-state index in [-0.39, 0.29) is 24.2 Å². The van der Waals surface area contributed by atoms with Gasteiger partial charge >= 0.3 is 0 Å². The van der Waals surface area contributed by atoms with E-state index in [9.17, 15) is 9.18 Å². The molecule has 152 valence electrons. The van der Waals surface area contributed by atoms with Crippen molar-refractivity contribution in [1.82, 2.24) is 15.1 Å². The van der Waals surface area contributed by atoms with Crippen molar-refractivity contribution in [3.05, 3.63) is 52.1 Å². The lowest BCUT2D eigenvalue weighted by molar-refractivity contribution is -0.122. The van der Waals surface area contributed by atoms with Gasteiger partial charge in [-0.1, -0.05) is 29.8 Å². The number of ether oxygens (including phenoxy) is 1. The van der Waals surface area contributed by atoms with Crippen LogP contribution in [0.15, 0.2) is 24.3 Å². The number of nitrogens with zero attached hydrogens (tertiary/aromatic N) is 2. The molecule has 1 aliphatic heterocycles. The standard InChI is InChI=1S/C21H27ClFN3O2/c1-14(26-16(3)20(22)15(2)25-26)12-19(27)24-13-21(8-10-28-11-9-21)17-6-4-5-7-18(17)23/h4-7,14H,8-13H2,1-3H3,(H,24,27)/t14-/m1/s1. The average molecular weight is 408 g/mol. The van der Waals surface area contributed by atoms with Crippen molar-refractivity contribution in [2.75, 3.05) is 19.8 Å². The Morgan fingerprint density at radius 1 is 1.36 bits per heavy atom. The number of halogens is 2. The number of benzene rings is 1. The van der Waals surface area contributed by atoms with E-state index in [1.54, 1.807) is 10.7 Å². The number of hydrogen-bond donors (Lipinski definition) is 1. The van der Waals surface area contributed by atoms with Crippen LogP contribution in [0, 0.1) is 19.7 Å². The zero-order chi connectivity index (χ0) is 20.3. The van der Waals surface area contributed by atoms with Crippen LogP contribution in [0.5, 0.6) is 0 Å². The van der Waals surface area contributed by atoms with Gasteiger partial charge in [0.25, 0.3) is 0 Å². The lowest BCUT2D eigenvalue weighted by Crippen LogP contribution is -2.45. The highest BCUT2D eigenvalue weighted by atomic mass is 35.5. The normalized spacial score (nSPS) is 17.3. The summed E-state index contributed by atoms with van der Waals surface area (Å²) in [6, 6.07) is 6.69. The highest BCUT2D eigenvalue weighted by molar-refractivity contribution is 6.31. The minimum Gasteiger partial charge on any atom is -0.381 e. The molecule has 1 atom stereocenters. The van der Waals surface area contributed by atoms with E-state index in [1.807, 2.05) is 32.9 Å². The summed E-state index contributed by atoms with van der Waals surface area (Å²) in [6.07, 6.45) is 1.63. The summed E-state index contributed by atoms with van der Waals surface area (Å²) in [4.78, 5) is 12.6. The molecule has 1 aliphatic rings. The van der Waals surface area contributed by atoms with Crippen LogP contribution in [0.4, 0.5) is 4.39 Å². The predicted molar refractivity (Wildman–Crippen MR) is 107 cm³/mol. The molecule has 1 N–H and O–H groups in total. The van der Waals surface area contributed by atoms with Gasteiger partial charge in [-0.3, -0.25) is 9.48 Å². The fraction of sp³-hybridized carbons (Fsp3) is 0.524. The Kier molecular flexibility index (Phi) is 6.40. The molecule has 1 amide bonds. The molecule has 0 spiro atoms. The molecule has 1 aromatic carbocycles. The maximum Gasteiger partial charge on any atom is 0.222 e. The molecule has 0 aliphatic carbocycles. The fourth-order valence-electron chi connectivity index (χ4n) is 3.96. The van der Waals surface area contributed by atoms with Crippen molar-refractivity contribution in [2.24, 2.45) is 0 Å². The van der Waals surface area contributed by atoms with Gasteiger partial charge < -0.3 is 10.1 Å². The minimum absolute atomic E-state index is 0.0848. The summed E-state index contributed by atoms with van der Waals surface area (Å²) >= 11 is 6.21. The fourth-order valence-corrected chi connectivity index (χ4v) is 4.09. The van der Waals surface area contributed by atoms with Crippen LogP contribution in [0.1, 0.15) is 49.2 Å². The van der Waals surface area contributed by atoms with Gasteiger partial charge in [0.15, 0.2) is 0 Å². The van der Waals surface area contributed by atoms with E-state index >= 15 is 0 Å². The van der Waals surface area contributed by atoms with Crippen molar-refractivity contribution in [3.63, 3.8) is 0 Å². The second kappa shape index (κ2) is 8.62. The van der Waals surface area contributed by atoms with Crippen LogP contribution in [0.25, 0.3) is 0 Å². The van der Waals surface area contributed by atoms with Crippen LogP contribution < -0.4 is 5.32 Å². The summed E-state index contributed by atoms with van der Waals surface area (Å²) in [5.41, 5.74) is 1.82. The van der Waals surface area contributed by atoms with E-state index in [0.29, 0.717) is 43.2 Å². The monoisotopic (exact) mass is 407 g/mol. The second-order valence-electron chi connectivity index (χ2n) is 7.63. The van der Waals surface area contributed by atoms with E-state index in [0.717, 1.165) is 11.4 Å². The maximum absolute atomic E-state index is 14.5. The number of amides is 1. The SMILES string of the molecule is Cc1nn([C@H](C)CC(=O)NCC2(c3ccccc3F)CCOCC2)c(C)c1Cl. The number of aromatic nitrogens is 2. The molecule has 3 rings (SSSR count). The van der Waals surface area contributed by atoms with Crippen LogP contribution in [-0.2, 0) is 14.9 Å². The Balaban J connectivity index is 1.69. The Bertz CT molecular complexity index is 846. The molecule has 1 saturated heterocycles. The first-order valence-corrected chi connectivity index (χ1v) is 10.0. The van der Waals surface area contributed by atoms with E-state index in [2.05, 4.69) is 10.4 Å². The summed E-state index contributed by atoms with van der Waals surface area (Å²) in [5.74, 6) is -0.317. The molecule has 0 bridgehead atoms. The van der Waals surface area contributed by atoms with Crippen molar-refractivity contribution in [2.45, 2.75) is 51.5 Å². The van der Waals surface area contributed by atoms with Crippen molar-refractivity contribution < 1.29 is 13.9 Å². The van der Waals surface area contributed by atoms with Gasteiger partial charge in [-0.05, 0) is 45.2 Å². The molecule has 2 heterocycles. The molecule has 0 unspecified atom stereocenters. The number of hydrogen-bond acceptors (Lipinski definition) is 3. The molecule has 5 nitrogen and oxygen atoms in total. The number of carbonyl (C=O) groups is 1. The maximum atomic E-state index is 14.5. The highest BCUT2D eigenvalue weighted by Gasteiger charge is 2.37. The molecular formula is C21H27ClFN3O2. The number of carbonyl (C=O) groups excluding carboxylic acids is 1. The van der Waals surface area contributed by atoms with Gasteiger partial charge in [-0.15, -0.1) is 0 Å². The Hall–Kier alpha value is -1.92. The topological polar surface area (TPSA) is 56.2 Å². The lowest BCUT2D eigenvalue weighted by Gasteiger charge is -2.38. The molecule has 1 fully saturated rings. The van der Waals surface area contributed by atoms with Crippen LogP contribution in [-0.4, -0.2) is 35.4 Å². The van der Waals surface area contributed by atoms with Crippen molar-refractivity contribution in [3.8, 4) is 0 Å². The van der Waals surface area contributed by atoms with Gasteiger partial charge in [0.1, 0.15) is 5.82 Å². The number of rotatable bonds is 6. The summed E-state index contributed by atoms with van der Waals surface area (Å²) in [5, 5.41) is 8.08. The van der Waals surface area contributed by atoms with E-state index < -0.39 is 5.41 Å². The quantitative estimate of drug-likeness (QED) is 0.784. The minimum atomic E-state index is -0.440. The Morgan fingerprint density at radius 2 is 2.04 bits per heavy atom. The first kappa shape index (κ1) is 20.8. The zero-order valence-electron chi connectivity index (χ0n) is 16.6. The highest BCUT2D eigenvalue weighted by Crippen LogP contribution is 2.36. The first-order chi connectivity index (χ1) is 13.3. The molecule has 1 aromatic heterocycles. The van der Waals surface area contributed by atoms with Crippen LogP contribution >= 0.6 is 11.6 Å². The van der Waals surface area contributed by atoms with Gasteiger partial charge in [-0.25, -0.2) is 4.39 Å². The smallest absolute Gasteiger partial charge is 0.222 e. The van der Waals surface area contributed by atoms with Gasteiger partial charge in [0.05, 0.1) is 22.5 Å². The third-order valence-electron chi connectivity index (χ3n) is 5.65. The van der Waals surface area contributed by atoms with Crippen LogP contribution in [0.3, 0.4) is 0 Å². The third kappa shape index (κ3) is 4.23. The van der Waals surface area contributed by atoms with E-state index in [4.69, 9.17) is 16.3 Å². The van der Waals surface area contributed by atoms with Gasteiger partial charge in [-0.2, -0.15) is 5.10 Å². The largest absolute Gasteiger partial charge is 0.381 e. The summed E-state index contributed by atoms with van der Waals surface area (Å²) < 4.78 is 21.8. The molecule has 0 saturated carbocycles. The van der Waals surface area contributed by atoms with Crippen molar-refractivity contribution >= 4 is 17.5 Å². The van der Waals surface area contributed by atoms with Gasteiger partial charge in [0, 0.05) is 31.6 Å². The summed E-state index contributed by atoms with van der Waals surface area (Å²) in [7, 11) is 0. The molecule has 0 radical (unpaired) electrons. The lowest BCUT2D eigenvalue weighted by atomic mass is 9.74. The van der Waals surface area contributed by atoms with Crippen LogP contribution in [0.2, 0.25) is 5.02 Å². The Morgan fingerprint density at radius 3 is 2.64 bits per heavy atom. The molecule has 2 aromatic rings. The second-order valence-corrected chi connectivity index (χ2v) is 8.01. The van der Waals surface area contributed by atoms with Crippen molar-refractivity contribution in [1.29, 1.82) is 0 Å². The predicted octanol–water partition coefficient (Wildman–Crippen LogP) is 4.11. The molecule has 7 heteroatoms. The zero-order valence-corrected chi connectivity index (χ0v) is 17.4. The first-order valence-electron chi connectivity index (χ1n) is 9.65. The van der Waals surface area contributed by atoms with Gasteiger partial charge in [0.2, 0.25) is 5.91 Å².